The second-order valence-corrected chi connectivity index (χ2v) is 5.81. The fourth-order valence-electron chi connectivity index (χ4n) is 2.83. The summed E-state index contributed by atoms with van der Waals surface area (Å²) in [5.74, 6) is -0.303. The average molecular weight is 347 g/mol. The molecule has 2 aliphatic rings. The molecule has 1 aromatic carbocycles. The first kappa shape index (κ1) is 17.9. The summed E-state index contributed by atoms with van der Waals surface area (Å²) < 4.78 is 19.4. The molecule has 8 heteroatoms. The molecule has 128 valence electrons. The third kappa shape index (κ3) is 3.58. The molecule has 2 aliphatic heterocycles. The number of anilines is 1. The summed E-state index contributed by atoms with van der Waals surface area (Å²) in [6.45, 7) is 0.813. The van der Waals surface area contributed by atoms with Crippen LogP contribution < -0.4 is 15.4 Å². The van der Waals surface area contributed by atoms with Crippen LogP contribution in [0, 0.1) is 5.82 Å². The molecule has 1 fully saturated rings. The number of nitrogens with one attached hydrogen (secondary N) is 2. The topological polar surface area (TPSA) is 90.8 Å². The lowest BCUT2D eigenvalue weighted by atomic mass is 9.90. The summed E-state index contributed by atoms with van der Waals surface area (Å²) in [5, 5.41) is 25.9. The molecule has 0 aliphatic carbocycles. The molecule has 0 saturated carbocycles. The number of ether oxygens (including phenoxy) is 1. The van der Waals surface area contributed by atoms with Crippen molar-refractivity contribution in [3.05, 3.63) is 23.5 Å². The Morgan fingerprint density at radius 3 is 2.91 bits per heavy atom. The average Bonchev–Trinajstić information content (AvgIpc) is 2.50. The van der Waals surface area contributed by atoms with E-state index in [-0.39, 0.29) is 37.0 Å². The molecule has 0 unspecified atom stereocenters. The number of amides is 1. The highest BCUT2D eigenvalue weighted by atomic mass is 35.5. The standard InChI is InChI=1S/C15H19FN2O4.ClH/c16-10-2-3-11(9-1-4-13(20)18-14(9)10)22-8-15(21)5-6-17-7-12(15)19;/h2-3,12,17,19,21H,1,4-8H2,(H,18,20);1H/t12-,15-;/m0./s1. The normalized spacial score (nSPS) is 26.7. The van der Waals surface area contributed by atoms with Crippen LogP contribution in [0.25, 0.3) is 0 Å². The number of hydrogen-bond acceptors (Lipinski definition) is 5. The fourth-order valence-corrected chi connectivity index (χ4v) is 2.83. The number of aliphatic hydroxyl groups is 2. The lowest BCUT2D eigenvalue weighted by Crippen LogP contribution is -2.57. The van der Waals surface area contributed by atoms with Crippen LogP contribution in [-0.4, -0.2) is 47.5 Å². The molecule has 0 bridgehead atoms. The summed E-state index contributed by atoms with van der Waals surface area (Å²) in [6.07, 6.45) is 0.103. The smallest absolute Gasteiger partial charge is 0.224 e. The van der Waals surface area contributed by atoms with Gasteiger partial charge in [0, 0.05) is 18.5 Å². The maximum Gasteiger partial charge on any atom is 0.224 e. The summed E-state index contributed by atoms with van der Waals surface area (Å²) in [6, 6.07) is 2.71. The number of carbonyl (C=O) groups is 1. The van der Waals surface area contributed by atoms with Crippen LogP contribution in [0.3, 0.4) is 0 Å². The quantitative estimate of drug-likeness (QED) is 0.643. The van der Waals surface area contributed by atoms with Gasteiger partial charge in [-0.1, -0.05) is 0 Å². The van der Waals surface area contributed by atoms with Crippen molar-refractivity contribution < 1.29 is 24.1 Å². The number of fused-ring (bicyclic) bond motifs is 1. The van der Waals surface area contributed by atoms with Crippen molar-refractivity contribution in [3.63, 3.8) is 0 Å². The van der Waals surface area contributed by atoms with Gasteiger partial charge in [0.15, 0.2) is 0 Å². The Kier molecular flexibility index (Phi) is 5.46. The van der Waals surface area contributed by atoms with Crippen LogP contribution in [0.4, 0.5) is 10.1 Å². The number of halogens is 2. The van der Waals surface area contributed by atoms with Crippen LogP contribution in [0.15, 0.2) is 12.1 Å². The third-order valence-corrected chi connectivity index (χ3v) is 4.26. The van der Waals surface area contributed by atoms with Crippen LogP contribution in [0.5, 0.6) is 5.75 Å². The molecule has 6 nitrogen and oxygen atoms in total. The van der Waals surface area contributed by atoms with Crippen LogP contribution in [0.2, 0.25) is 0 Å². The van der Waals surface area contributed by atoms with Crippen LogP contribution >= 0.6 is 12.4 Å². The van der Waals surface area contributed by atoms with Crippen molar-refractivity contribution in [3.8, 4) is 5.75 Å². The number of aliphatic hydroxyl groups excluding tert-OH is 1. The molecule has 0 aromatic heterocycles. The van der Waals surface area contributed by atoms with E-state index in [1.165, 1.54) is 12.1 Å². The Bertz CT molecular complexity index is 601. The Balaban J connectivity index is 0.00000192. The van der Waals surface area contributed by atoms with Crippen molar-refractivity contribution in [1.82, 2.24) is 5.32 Å². The molecular weight excluding hydrogens is 327 g/mol. The zero-order chi connectivity index (χ0) is 15.7. The van der Waals surface area contributed by atoms with E-state index in [4.69, 9.17) is 4.74 Å². The monoisotopic (exact) mass is 346 g/mol. The molecule has 3 rings (SSSR count). The predicted octanol–water partition coefficient (Wildman–Crippen LogP) is 0.596. The minimum absolute atomic E-state index is 0. The van der Waals surface area contributed by atoms with E-state index in [0.717, 1.165) is 0 Å². The minimum Gasteiger partial charge on any atom is -0.490 e. The highest BCUT2D eigenvalue weighted by molar-refractivity contribution is 5.94. The highest BCUT2D eigenvalue weighted by Gasteiger charge is 2.39. The zero-order valence-electron chi connectivity index (χ0n) is 12.5. The lowest BCUT2D eigenvalue weighted by Gasteiger charge is -2.37. The number of piperidine rings is 1. The number of carbonyl (C=O) groups excluding carboxylic acids is 1. The Labute approximate surface area is 139 Å². The molecule has 23 heavy (non-hydrogen) atoms. The van der Waals surface area contributed by atoms with E-state index >= 15 is 0 Å². The van der Waals surface area contributed by atoms with Gasteiger partial charge >= 0.3 is 0 Å². The first-order valence-corrected chi connectivity index (χ1v) is 7.35. The summed E-state index contributed by atoms with van der Waals surface area (Å²) in [7, 11) is 0. The number of β-amino-alcohol motifs (C(OH)–C–C–N with tert-alkyl or cyclic N) is 1. The first-order valence-electron chi connectivity index (χ1n) is 7.35. The maximum atomic E-state index is 13.8. The lowest BCUT2D eigenvalue weighted by molar-refractivity contribution is -0.116. The molecule has 4 N–H and O–H groups in total. The van der Waals surface area contributed by atoms with Crippen LogP contribution in [-0.2, 0) is 11.2 Å². The van der Waals surface area contributed by atoms with Crippen molar-refractivity contribution in [2.24, 2.45) is 0 Å². The molecule has 1 amide bonds. The SMILES string of the molecule is Cl.O=C1CCc2c(OC[C@@]3(O)CCNC[C@@H]3O)ccc(F)c2N1. The Morgan fingerprint density at radius 1 is 1.39 bits per heavy atom. The molecule has 0 radical (unpaired) electrons. The van der Waals surface area contributed by atoms with Gasteiger partial charge in [-0.2, -0.15) is 0 Å². The summed E-state index contributed by atoms with van der Waals surface area (Å²) >= 11 is 0. The largest absolute Gasteiger partial charge is 0.490 e. The number of benzene rings is 1. The second-order valence-electron chi connectivity index (χ2n) is 5.81. The van der Waals surface area contributed by atoms with Gasteiger partial charge in [-0.05, 0) is 31.5 Å². The van der Waals surface area contributed by atoms with Crippen molar-refractivity contribution in [2.45, 2.75) is 31.0 Å². The van der Waals surface area contributed by atoms with Gasteiger partial charge in [0.1, 0.15) is 23.8 Å². The molecule has 1 aromatic rings. The zero-order valence-corrected chi connectivity index (χ0v) is 13.3. The molecule has 1 saturated heterocycles. The van der Waals surface area contributed by atoms with Crippen LogP contribution in [0.1, 0.15) is 18.4 Å². The summed E-state index contributed by atoms with van der Waals surface area (Å²) in [4.78, 5) is 11.4. The van der Waals surface area contributed by atoms with Gasteiger partial charge in [-0.15, -0.1) is 12.4 Å². The van der Waals surface area contributed by atoms with Gasteiger partial charge in [0.2, 0.25) is 5.91 Å². The van der Waals surface area contributed by atoms with Gasteiger partial charge in [0.25, 0.3) is 0 Å². The Morgan fingerprint density at radius 2 is 2.17 bits per heavy atom. The Hall–Kier alpha value is -1.41. The molecule has 0 spiro atoms. The fraction of sp³-hybridized carbons (Fsp3) is 0.533. The van der Waals surface area contributed by atoms with E-state index in [2.05, 4.69) is 10.6 Å². The van der Waals surface area contributed by atoms with E-state index in [1.807, 2.05) is 0 Å². The van der Waals surface area contributed by atoms with Gasteiger partial charge < -0.3 is 25.6 Å². The highest BCUT2D eigenvalue weighted by Crippen LogP contribution is 2.34. The van der Waals surface area contributed by atoms with E-state index < -0.39 is 17.5 Å². The maximum absolute atomic E-state index is 13.8. The van der Waals surface area contributed by atoms with E-state index in [0.29, 0.717) is 37.2 Å². The minimum atomic E-state index is -1.33. The molecular formula is C15H20ClFN2O4. The third-order valence-electron chi connectivity index (χ3n) is 4.26. The van der Waals surface area contributed by atoms with E-state index in [1.54, 1.807) is 0 Å². The molecule has 2 atom stereocenters. The van der Waals surface area contributed by atoms with Crippen molar-refractivity contribution in [1.29, 1.82) is 0 Å². The number of rotatable bonds is 3. The predicted molar refractivity (Wildman–Crippen MR) is 84.5 cm³/mol. The van der Waals surface area contributed by atoms with Crippen molar-refractivity contribution >= 4 is 24.0 Å². The molecule has 2 heterocycles. The van der Waals surface area contributed by atoms with Gasteiger partial charge in [0.05, 0.1) is 11.8 Å². The van der Waals surface area contributed by atoms with Crippen molar-refractivity contribution in [2.75, 3.05) is 25.0 Å². The number of hydrogen-bond donors (Lipinski definition) is 4. The summed E-state index contributed by atoms with van der Waals surface area (Å²) in [5.41, 5.74) is -0.594. The van der Waals surface area contributed by atoms with Gasteiger partial charge in [-0.25, -0.2) is 4.39 Å². The van der Waals surface area contributed by atoms with E-state index in [9.17, 15) is 19.4 Å². The van der Waals surface area contributed by atoms with Gasteiger partial charge in [-0.3, -0.25) is 4.79 Å². The second kappa shape index (κ2) is 7.00. The first-order chi connectivity index (χ1) is 10.5.